The number of non-ortho nitro benzene ring substituents is 1. The Bertz CT molecular complexity index is 590. The van der Waals surface area contributed by atoms with Gasteiger partial charge < -0.3 is 10.0 Å². The zero-order valence-corrected chi connectivity index (χ0v) is 12.3. The standard InChI is InChI=1S/C15H18N2O5/c1-16(15(14(19)20)9-3-2-4-10-15)13(18)11-5-7-12(8-6-11)17(21)22/h5-8H,2-4,9-10H2,1H3,(H,19,20). The van der Waals surface area contributed by atoms with Crippen LogP contribution in [-0.4, -0.2) is 39.4 Å². The molecule has 0 radical (unpaired) electrons. The van der Waals surface area contributed by atoms with Gasteiger partial charge in [0.1, 0.15) is 5.54 Å². The molecule has 0 aliphatic heterocycles. The van der Waals surface area contributed by atoms with Gasteiger partial charge in [-0.1, -0.05) is 19.3 Å². The summed E-state index contributed by atoms with van der Waals surface area (Å²) in [7, 11) is 1.49. The maximum atomic E-state index is 12.5. The third-order valence-electron chi connectivity index (χ3n) is 4.35. The van der Waals surface area contributed by atoms with Gasteiger partial charge in [0.15, 0.2) is 0 Å². The van der Waals surface area contributed by atoms with Gasteiger partial charge in [-0.25, -0.2) is 4.79 Å². The molecule has 0 unspecified atom stereocenters. The fourth-order valence-electron chi connectivity index (χ4n) is 2.94. The van der Waals surface area contributed by atoms with Crippen molar-refractivity contribution in [3.05, 3.63) is 39.9 Å². The van der Waals surface area contributed by atoms with Gasteiger partial charge in [-0.3, -0.25) is 14.9 Å². The van der Waals surface area contributed by atoms with Crippen molar-refractivity contribution < 1.29 is 19.6 Å². The van der Waals surface area contributed by atoms with E-state index in [-0.39, 0.29) is 11.3 Å². The number of rotatable bonds is 4. The maximum Gasteiger partial charge on any atom is 0.329 e. The fourth-order valence-corrected chi connectivity index (χ4v) is 2.94. The number of benzene rings is 1. The molecule has 0 saturated heterocycles. The van der Waals surface area contributed by atoms with Crippen LogP contribution in [-0.2, 0) is 4.79 Å². The second-order valence-electron chi connectivity index (χ2n) is 5.57. The molecule has 0 atom stereocenters. The van der Waals surface area contributed by atoms with Crippen LogP contribution >= 0.6 is 0 Å². The Morgan fingerprint density at radius 3 is 2.18 bits per heavy atom. The molecular weight excluding hydrogens is 288 g/mol. The Hall–Kier alpha value is -2.44. The first-order valence-electron chi connectivity index (χ1n) is 7.14. The highest BCUT2D eigenvalue weighted by atomic mass is 16.6. The minimum absolute atomic E-state index is 0.107. The van der Waals surface area contributed by atoms with Crippen molar-refractivity contribution >= 4 is 17.6 Å². The van der Waals surface area contributed by atoms with E-state index in [0.717, 1.165) is 19.3 Å². The molecule has 118 valence electrons. The highest BCUT2D eigenvalue weighted by Crippen LogP contribution is 2.34. The lowest BCUT2D eigenvalue weighted by molar-refractivity contribution is -0.384. The first-order chi connectivity index (χ1) is 10.4. The number of likely N-dealkylation sites (N-methyl/N-ethyl adjacent to an activating group) is 1. The normalized spacial score (nSPS) is 16.8. The molecule has 1 aromatic carbocycles. The zero-order valence-electron chi connectivity index (χ0n) is 12.3. The number of nitro benzene ring substituents is 1. The highest BCUT2D eigenvalue weighted by molar-refractivity contribution is 5.97. The average Bonchev–Trinajstić information content (AvgIpc) is 2.54. The topological polar surface area (TPSA) is 101 Å². The van der Waals surface area contributed by atoms with E-state index in [1.54, 1.807) is 0 Å². The summed E-state index contributed by atoms with van der Waals surface area (Å²) < 4.78 is 0. The van der Waals surface area contributed by atoms with E-state index in [9.17, 15) is 24.8 Å². The van der Waals surface area contributed by atoms with Crippen molar-refractivity contribution in [1.82, 2.24) is 4.90 Å². The summed E-state index contributed by atoms with van der Waals surface area (Å²) in [6.45, 7) is 0. The SMILES string of the molecule is CN(C(=O)c1ccc([N+](=O)[O-])cc1)C1(C(=O)O)CCCCC1. The summed E-state index contributed by atoms with van der Waals surface area (Å²) in [5.41, 5.74) is -1.04. The Balaban J connectivity index is 2.26. The number of carboxylic acids is 1. The lowest BCUT2D eigenvalue weighted by Gasteiger charge is -2.41. The highest BCUT2D eigenvalue weighted by Gasteiger charge is 2.45. The van der Waals surface area contributed by atoms with Crippen LogP contribution in [0.25, 0.3) is 0 Å². The van der Waals surface area contributed by atoms with E-state index in [0.29, 0.717) is 12.8 Å². The largest absolute Gasteiger partial charge is 0.479 e. The van der Waals surface area contributed by atoms with Gasteiger partial charge in [0.25, 0.3) is 11.6 Å². The number of aliphatic carboxylic acids is 1. The van der Waals surface area contributed by atoms with Crippen LogP contribution < -0.4 is 0 Å². The van der Waals surface area contributed by atoms with Gasteiger partial charge in [-0.05, 0) is 25.0 Å². The summed E-state index contributed by atoms with van der Waals surface area (Å²) in [5, 5.41) is 20.2. The van der Waals surface area contributed by atoms with Crippen molar-refractivity contribution in [2.75, 3.05) is 7.05 Å². The van der Waals surface area contributed by atoms with Gasteiger partial charge in [0.05, 0.1) is 4.92 Å². The fraction of sp³-hybridized carbons (Fsp3) is 0.467. The van der Waals surface area contributed by atoms with Gasteiger partial charge in [0.2, 0.25) is 0 Å². The molecule has 0 aromatic heterocycles. The lowest BCUT2D eigenvalue weighted by atomic mass is 9.80. The van der Waals surface area contributed by atoms with Crippen LogP contribution in [0.5, 0.6) is 0 Å². The molecule has 1 aliphatic rings. The first kappa shape index (κ1) is 15.9. The van der Waals surface area contributed by atoms with E-state index < -0.39 is 22.3 Å². The van der Waals surface area contributed by atoms with Crippen LogP contribution in [0, 0.1) is 10.1 Å². The molecule has 1 saturated carbocycles. The molecule has 22 heavy (non-hydrogen) atoms. The van der Waals surface area contributed by atoms with Crippen LogP contribution in [0.4, 0.5) is 5.69 Å². The molecule has 1 fully saturated rings. The number of carboxylic acid groups (broad SMARTS) is 1. The molecule has 1 aliphatic carbocycles. The van der Waals surface area contributed by atoms with Gasteiger partial charge in [0, 0.05) is 24.7 Å². The summed E-state index contributed by atoms with van der Waals surface area (Å²) in [6, 6.07) is 5.20. The van der Waals surface area contributed by atoms with Crippen molar-refractivity contribution in [2.24, 2.45) is 0 Å². The van der Waals surface area contributed by atoms with E-state index in [1.807, 2.05) is 0 Å². The van der Waals surface area contributed by atoms with Crippen molar-refractivity contribution in [3.8, 4) is 0 Å². The number of carbonyl (C=O) groups excluding carboxylic acids is 1. The third kappa shape index (κ3) is 2.79. The Kier molecular flexibility index (Phi) is 4.44. The second-order valence-corrected chi connectivity index (χ2v) is 5.57. The van der Waals surface area contributed by atoms with Gasteiger partial charge >= 0.3 is 5.97 Å². The van der Waals surface area contributed by atoms with E-state index >= 15 is 0 Å². The number of nitrogens with zero attached hydrogens (tertiary/aromatic N) is 2. The summed E-state index contributed by atoms with van der Waals surface area (Å²) in [4.78, 5) is 35.6. The Labute approximate surface area is 127 Å². The lowest BCUT2D eigenvalue weighted by Crippen LogP contribution is -2.56. The van der Waals surface area contributed by atoms with Crippen LogP contribution in [0.15, 0.2) is 24.3 Å². The number of hydrogen-bond acceptors (Lipinski definition) is 4. The van der Waals surface area contributed by atoms with Crippen LogP contribution in [0.3, 0.4) is 0 Å². The van der Waals surface area contributed by atoms with Crippen molar-refractivity contribution in [3.63, 3.8) is 0 Å². The second kappa shape index (κ2) is 6.13. The molecule has 1 amide bonds. The smallest absolute Gasteiger partial charge is 0.329 e. The predicted molar refractivity (Wildman–Crippen MR) is 78.6 cm³/mol. The first-order valence-corrected chi connectivity index (χ1v) is 7.14. The van der Waals surface area contributed by atoms with Crippen molar-refractivity contribution in [2.45, 2.75) is 37.6 Å². The van der Waals surface area contributed by atoms with Gasteiger partial charge in [-0.2, -0.15) is 0 Å². The minimum atomic E-state index is -1.18. The molecule has 1 aromatic rings. The molecule has 2 rings (SSSR count). The number of carbonyl (C=O) groups is 2. The molecule has 7 nitrogen and oxygen atoms in total. The molecule has 1 N–H and O–H groups in total. The predicted octanol–water partition coefficient (Wildman–Crippen LogP) is 2.45. The summed E-state index contributed by atoms with van der Waals surface area (Å²) in [5.74, 6) is -1.43. The molecule has 0 heterocycles. The Morgan fingerprint density at radius 1 is 1.18 bits per heavy atom. The van der Waals surface area contributed by atoms with Crippen LogP contribution in [0.2, 0.25) is 0 Å². The van der Waals surface area contributed by atoms with Crippen molar-refractivity contribution in [1.29, 1.82) is 0 Å². The summed E-state index contributed by atoms with van der Waals surface area (Å²) in [6.07, 6.45) is 3.36. The molecule has 0 spiro atoms. The molecular formula is C15H18N2O5. The average molecular weight is 306 g/mol. The summed E-state index contributed by atoms with van der Waals surface area (Å²) >= 11 is 0. The third-order valence-corrected chi connectivity index (χ3v) is 4.35. The molecule has 7 heteroatoms. The number of hydrogen-bond donors (Lipinski definition) is 1. The quantitative estimate of drug-likeness (QED) is 0.680. The molecule has 0 bridgehead atoms. The monoisotopic (exact) mass is 306 g/mol. The van der Waals surface area contributed by atoms with E-state index in [2.05, 4.69) is 0 Å². The number of nitro groups is 1. The van der Waals surface area contributed by atoms with Crippen LogP contribution in [0.1, 0.15) is 42.5 Å². The minimum Gasteiger partial charge on any atom is -0.479 e. The Morgan fingerprint density at radius 2 is 1.73 bits per heavy atom. The number of amides is 1. The van der Waals surface area contributed by atoms with E-state index in [4.69, 9.17) is 0 Å². The van der Waals surface area contributed by atoms with E-state index in [1.165, 1.54) is 36.2 Å². The maximum absolute atomic E-state index is 12.5. The van der Waals surface area contributed by atoms with Gasteiger partial charge in [-0.15, -0.1) is 0 Å². The zero-order chi connectivity index (χ0) is 16.3.